The fourth-order valence-corrected chi connectivity index (χ4v) is 3.50. The van der Waals surface area contributed by atoms with Crippen molar-refractivity contribution in [1.29, 1.82) is 0 Å². The first-order chi connectivity index (χ1) is 9.80. The lowest BCUT2D eigenvalue weighted by Crippen LogP contribution is -2.28. The predicted molar refractivity (Wildman–Crippen MR) is 85.6 cm³/mol. The number of aromatic nitrogens is 1. The number of aliphatic hydroxyl groups excluding tert-OH is 1. The molecule has 118 valence electrons. The van der Waals surface area contributed by atoms with Gasteiger partial charge in [0.25, 0.3) is 5.91 Å². The number of anilines is 2. The van der Waals surface area contributed by atoms with Gasteiger partial charge in [0.2, 0.25) is 0 Å². The molecule has 0 aliphatic carbocycles. The van der Waals surface area contributed by atoms with Gasteiger partial charge < -0.3 is 21.1 Å². The van der Waals surface area contributed by atoms with Crippen molar-refractivity contribution in [2.24, 2.45) is 5.92 Å². The molecule has 1 unspecified atom stereocenters. The molecule has 0 bridgehead atoms. The van der Waals surface area contributed by atoms with Crippen LogP contribution in [0.2, 0.25) is 0 Å². The highest BCUT2D eigenvalue weighted by Gasteiger charge is 2.29. The largest absolute Gasteiger partial charge is 0.396 e. The highest BCUT2D eigenvalue weighted by Crippen LogP contribution is 2.30. The summed E-state index contributed by atoms with van der Waals surface area (Å²) in [6, 6.07) is 0. The molecule has 2 heterocycles. The fraction of sp³-hybridized carbons (Fsp3) is 0.714. The molecular weight excluding hydrogens is 288 g/mol. The van der Waals surface area contributed by atoms with Gasteiger partial charge >= 0.3 is 0 Å². The van der Waals surface area contributed by atoms with Gasteiger partial charge in [-0.3, -0.25) is 4.79 Å². The van der Waals surface area contributed by atoms with E-state index in [1.165, 1.54) is 11.3 Å². The molecule has 1 fully saturated rings. The zero-order valence-corrected chi connectivity index (χ0v) is 13.7. The number of nitrogens with zero attached hydrogens (tertiary/aromatic N) is 2. The molecule has 21 heavy (non-hydrogen) atoms. The van der Waals surface area contributed by atoms with Crippen LogP contribution in [-0.4, -0.2) is 46.1 Å². The topological polar surface area (TPSA) is 91.5 Å². The Labute approximate surface area is 129 Å². The average Bonchev–Trinajstić information content (AvgIpc) is 2.94. The second-order valence-corrected chi connectivity index (χ2v) is 7.53. The van der Waals surface area contributed by atoms with Crippen molar-refractivity contribution in [3.05, 3.63) is 4.88 Å². The number of likely N-dealkylation sites (tertiary alicyclic amines) is 1. The smallest absolute Gasteiger partial charge is 0.267 e. The summed E-state index contributed by atoms with van der Waals surface area (Å²) >= 11 is 1.31. The van der Waals surface area contributed by atoms with Gasteiger partial charge in [0.05, 0.1) is 0 Å². The average molecular weight is 312 g/mol. The van der Waals surface area contributed by atoms with Crippen molar-refractivity contribution in [2.75, 3.05) is 30.7 Å². The van der Waals surface area contributed by atoms with E-state index in [4.69, 9.17) is 10.8 Å². The second kappa shape index (κ2) is 6.19. The van der Waals surface area contributed by atoms with Crippen molar-refractivity contribution in [3.8, 4) is 0 Å². The van der Waals surface area contributed by atoms with Crippen molar-refractivity contribution < 1.29 is 9.90 Å². The van der Waals surface area contributed by atoms with Crippen LogP contribution in [0.25, 0.3) is 0 Å². The summed E-state index contributed by atoms with van der Waals surface area (Å²) in [5.41, 5.74) is 5.77. The van der Waals surface area contributed by atoms with E-state index in [0.29, 0.717) is 28.3 Å². The van der Waals surface area contributed by atoms with E-state index in [0.717, 1.165) is 19.4 Å². The van der Waals surface area contributed by atoms with Crippen LogP contribution in [0, 0.1) is 5.92 Å². The molecule has 1 atom stereocenters. The molecule has 4 N–H and O–H groups in total. The number of amides is 1. The minimum atomic E-state index is -0.121. The van der Waals surface area contributed by atoms with Crippen molar-refractivity contribution in [1.82, 2.24) is 9.88 Å². The molecule has 0 spiro atoms. The van der Waals surface area contributed by atoms with Gasteiger partial charge in [0.15, 0.2) is 5.13 Å². The van der Waals surface area contributed by atoms with Gasteiger partial charge in [-0.1, -0.05) is 11.3 Å². The molecule has 7 heteroatoms. The van der Waals surface area contributed by atoms with Crippen LogP contribution in [0.1, 0.15) is 43.3 Å². The minimum absolute atomic E-state index is 0.0487. The van der Waals surface area contributed by atoms with Gasteiger partial charge in [0, 0.05) is 25.2 Å². The predicted octanol–water partition coefficient (Wildman–Crippen LogP) is 1.78. The maximum Gasteiger partial charge on any atom is 0.267 e. The Bertz CT molecular complexity index is 510. The Morgan fingerprint density at radius 2 is 2.29 bits per heavy atom. The number of carbonyl (C=O) groups excluding carboxylic acids is 1. The lowest BCUT2D eigenvalue weighted by atomic mass is 10.1. The summed E-state index contributed by atoms with van der Waals surface area (Å²) in [6.07, 6.45) is 1.69. The van der Waals surface area contributed by atoms with Gasteiger partial charge in [-0.2, -0.15) is 0 Å². The lowest BCUT2D eigenvalue weighted by molar-refractivity contribution is 0.0790. The summed E-state index contributed by atoms with van der Waals surface area (Å²) in [5, 5.41) is 12.9. The molecule has 1 amide bonds. The van der Waals surface area contributed by atoms with Crippen LogP contribution in [-0.2, 0) is 0 Å². The van der Waals surface area contributed by atoms with Crippen LogP contribution < -0.4 is 11.1 Å². The van der Waals surface area contributed by atoms with Crippen molar-refractivity contribution in [2.45, 2.75) is 39.2 Å². The molecule has 0 radical (unpaired) electrons. The number of rotatable bonds is 4. The van der Waals surface area contributed by atoms with Gasteiger partial charge in [0.1, 0.15) is 10.7 Å². The normalized spacial score (nSPS) is 19.0. The third-order valence-corrected chi connectivity index (χ3v) is 4.41. The summed E-state index contributed by atoms with van der Waals surface area (Å²) < 4.78 is 0. The zero-order chi connectivity index (χ0) is 15.6. The third kappa shape index (κ3) is 4.07. The molecule has 1 aliphatic heterocycles. The van der Waals surface area contributed by atoms with Crippen LogP contribution in [0.4, 0.5) is 10.9 Å². The summed E-state index contributed by atoms with van der Waals surface area (Å²) in [4.78, 5) is 19.1. The summed E-state index contributed by atoms with van der Waals surface area (Å²) in [5.74, 6) is 0.634. The molecule has 0 saturated carbocycles. The quantitative estimate of drug-likeness (QED) is 0.788. The molecular formula is C14H24N4O2S. The maximum absolute atomic E-state index is 12.5. The van der Waals surface area contributed by atoms with Gasteiger partial charge in [-0.05, 0) is 39.5 Å². The fourth-order valence-electron chi connectivity index (χ4n) is 2.44. The van der Waals surface area contributed by atoms with Crippen LogP contribution in [0.5, 0.6) is 0 Å². The van der Waals surface area contributed by atoms with Gasteiger partial charge in [-0.15, -0.1) is 0 Å². The maximum atomic E-state index is 12.5. The zero-order valence-electron chi connectivity index (χ0n) is 12.8. The van der Waals surface area contributed by atoms with E-state index in [1.807, 2.05) is 25.7 Å². The van der Waals surface area contributed by atoms with Gasteiger partial charge in [-0.25, -0.2) is 4.98 Å². The highest BCUT2D eigenvalue weighted by atomic mass is 32.1. The molecule has 1 saturated heterocycles. The first-order valence-electron chi connectivity index (χ1n) is 7.25. The molecule has 2 rings (SSSR count). The van der Waals surface area contributed by atoms with E-state index in [1.54, 1.807) is 0 Å². The first-order valence-corrected chi connectivity index (χ1v) is 8.06. The Morgan fingerprint density at radius 1 is 1.57 bits per heavy atom. The van der Waals surface area contributed by atoms with E-state index < -0.39 is 0 Å². The number of hydrogen-bond acceptors (Lipinski definition) is 6. The highest BCUT2D eigenvalue weighted by molar-refractivity contribution is 7.18. The minimum Gasteiger partial charge on any atom is -0.396 e. The molecule has 1 aliphatic rings. The van der Waals surface area contributed by atoms with Crippen LogP contribution in [0.3, 0.4) is 0 Å². The van der Waals surface area contributed by atoms with Crippen molar-refractivity contribution in [3.63, 3.8) is 0 Å². The second-order valence-electron chi connectivity index (χ2n) is 6.53. The van der Waals surface area contributed by atoms with E-state index >= 15 is 0 Å². The van der Waals surface area contributed by atoms with E-state index in [9.17, 15) is 4.79 Å². The summed E-state index contributed by atoms with van der Waals surface area (Å²) in [6.45, 7) is 7.70. The molecule has 0 aromatic carbocycles. The lowest BCUT2D eigenvalue weighted by Gasteiger charge is -2.19. The van der Waals surface area contributed by atoms with Crippen LogP contribution >= 0.6 is 11.3 Å². The number of hydrogen-bond donors (Lipinski definition) is 3. The molecule has 6 nitrogen and oxygen atoms in total. The van der Waals surface area contributed by atoms with E-state index in [2.05, 4.69) is 10.3 Å². The Balaban J connectivity index is 2.06. The first kappa shape index (κ1) is 16.0. The Kier molecular flexibility index (Phi) is 4.73. The monoisotopic (exact) mass is 312 g/mol. The number of nitrogens with one attached hydrogen (secondary N) is 1. The van der Waals surface area contributed by atoms with Crippen molar-refractivity contribution >= 4 is 28.2 Å². The third-order valence-electron chi connectivity index (χ3n) is 3.44. The summed E-state index contributed by atoms with van der Waals surface area (Å²) in [7, 11) is 0. The standard InChI is InChI=1S/C14H24N4O2S/c1-14(2,3)17-13-16-11(15)10(21-13)12(20)18-6-4-9(8-18)5-7-19/h9,19H,4-8,15H2,1-3H3,(H,16,17). The number of thiazole rings is 1. The Morgan fingerprint density at radius 3 is 2.90 bits per heavy atom. The number of carbonyl (C=O) groups is 1. The number of nitrogen functional groups attached to an aromatic ring is 1. The van der Waals surface area contributed by atoms with E-state index in [-0.39, 0.29) is 18.1 Å². The SMILES string of the molecule is CC(C)(C)Nc1nc(N)c(C(=O)N2CCC(CCO)C2)s1. The molecule has 1 aromatic heterocycles. The number of nitrogens with two attached hydrogens (primary N) is 1. The Hall–Kier alpha value is -1.34. The number of aliphatic hydroxyl groups is 1. The van der Waals surface area contributed by atoms with Crippen LogP contribution in [0.15, 0.2) is 0 Å². The molecule has 1 aromatic rings.